The first-order valence-electron chi connectivity index (χ1n) is 8.06. The Morgan fingerprint density at radius 3 is 2.59 bits per heavy atom. The van der Waals surface area contributed by atoms with Crippen LogP contribution >= 0.6 is 0 Å². The molecule has 1 aliphatic heterocycles. The summed E-state index contributed by atoms with van der Waals surface area (Å²) in [5, 5.41) is 2.60. The van der Waals surface area contributed by atoms with Crippen LogP contribution in [0.15, 0.2) is 0 Å². The summed E-state index contributed by atoms with van der Waals surface area (Å²) in [6.07, 6.45) is 6.97. The van der Waals surface area contributed by atoms with E-state index in [0.717, 1.165) is 18.6 Å². The van der Waals surface area contributed by atoms with Crippen molar-refractivity contribution in [1.82, 2.24) is 10.2 Å². The number of nitrogens with one attached hydrogen (secondary N) is 1. The lowest BCUT2D eigenvalue weighted by molar-refractivity contribution is -0.127. The zero-order valence-electron chi connectivity index (χ0n) is 13.4. The normalized spacial score (nSPS) is 29.7. The third kappa shape index (κ3) is 4.69. The van der Waals surface area contributed by atoms with E-state index in [-0.39, 0.29) is 24.1 Å². The second-order valence-electron chi connectivity index (χ2n) is 6.84. The summed E-state index contributed by atoms with van der Waals surface area (Å²) in [7, 11) is -3.13. The van der Waals surface area contributed by atoms with Gasteiger partial charge in [-0.15, -0.1) is 0 Å². The topological polar surface area (TPSA) is 83.6 Å². The standard InChI is InChI=1S/C15H26N2O4S/c1-11-4-3-5-12(10-11)6-8-17-14(18)13(16-15(17)19)7-9-22(2,20)21/h11-13H,3-10H2,1-2H3,(H,16,19). The largest absolute Gasteiger partial charge is 0.326 e. The molecule has 0 bridgehead atoms. The smallest absolute Gasteiger partial charge is 0.324 e. The van der Waals surface area contributed by atoms with Gasteiger partial charge in [0.05, 0.1) is 5.75 Å². The van der Waals surface area contributed by atoms with E-state index in [1.807, 2.05) is 0 Å². The van der Waals surface area contributed by atoms with E-state index < -0.39 is 15.9 Å². The summed E-state index contributed by atoms with van der Waals surface area (Å²) in [6.45, 7) is 2.69. The molecule has 1 N–H and O–H groups in total. The summed E-state index contributed by atoms with van der Waals surface area (Å²) >= 11 is 0. The third-order valence-electron chi connectivity index (χ3n) is 4.69. The molecule has 3 amide bonds. The van der Waals surface area contributed by atoms with E-state index in [1.165, 1.54) is 30.6 Å². The van der Waals surface area contributed by atoms with Crippen molar-refractivity contribution in [2.45, 2.75) is 51.5 Å². The highest BCUT2D eigenvalue weighted by atomic mass is 32.2. The van der Waals surface area contributed by atoms with Gasteiger partial charge in [0.15, 0.2) is 0 Å². The molecular formula is C15H26N2O4S. The van der Waals surface area contributed by atoms with Crippen molar-refractivity contribution in [1.29, 1.82) is 0 Å². The van der Waals surface area contributed by atoms with E-state index in [1.54, 1.807) is 0 Å². The number of hydrogen-bond donors (Lipinski definition) is 1. The van der Waals surface area contributed by atoms with Gasteiger partial charge >= 0.3 is 6.03 Å². The van der Waals surface area contributed by atoms with Crippen LogP contribution in [0.1, 0.15) is 45.4 Å². The quantitative estimate of drug-likeness (QED) is 0.749. The minimum absolute atomic E-state index is 0.0856. The predicted octanol–water partition coefficient (Wildman–Crippen LogP) is 1.56. The van der Waals surface area contributed by atoms with Crippen molar-refractivity contribution in [2.24, 2.45) is 11.8 Å². The van der Waals surface area contributed by atoms with Crippen LogP contribution in [0.5, 0.6) is 0 Å². The number of sulfone groups is 1. The maximum Gasteiger partial charge on any atom is 0.324 e. The Hall–Kier alpha value is -1.11. The lowest BCUT2D eigenvalue weighted by Crippen LogP contribution is -2.34. The minimum Gasteiger partial charge on any atom is -0.326 e. The van der Waals surface area contributed by atoms with Crippen molar-refractivity contribution < 1.29 is 18.0 Å². The zero-order valence-corrected chi connectivity index (χ0v) is 14.2. The van der Waals surface area contributed by atoms with Crippen molar-refractivity contribution in [3.05, 3.63) is 0 Å². The first-order valence-corrected chi connectivity index (χ1v) is 10.1. The molecule has 0 aromatic carbocycles. The van der Waals surface area contributed by atoms with Gasteiger partial charge < -0.3 is 5.32 Å². The second kappa shape index (κ2) is 6.98. The van der Waals surface area contributed by atoms with Gasteiger partial charge in [-0.05, 0) is 31.1 Å². The second-order valence-corrected chi connectivity index (χ2v) is 9.10. The number of amides is 3. The molecule has 0 spiro atoms. The van der Waals surface area contributed by atoms with Gasteiger partial charge in [-0.3, -0.25) is 9.69 Å². The maximum absolute atomic E-state index is 12.2. The molecule has 0 radical (unpaired) electrons. The molecule has 1 saturated carbocycles. The summed E-state index contributed by atoms with van der Waals surface area (Å²) in [6, 6.07) is -1.07. The van der Waals surface area contributed by atoms with Crippen molar-refractivity contribution >= 4 is 21.8 Å². The molecule has 3 atom stereocenters. The number of nitrogens with zero attached hydrogens (tertiary/aromatic N) is 1. The van der Waals surface area contributed by atoms with Gasteiger partial charge in [0, 0.05) is 12.8 Å². The molecule has 1 saturated heterocycles. The molecule has 7 heteroatoms. The van der Waals surface area contributed by atoms with E-state index in [0.29, 0.717) is 12.5 Å². The molecule has 2 aliphatic rings. The third-order valence-corrected chi connectivity index (χ3v) is 5.67. The molecule has 126 valence electrons. The Balaban J connectivity index is 1.83. The Morgan fingerprint density at radius 2 is 1.95 bits per heavy atom. The van der Waals surface area contributed by atoms with E-state index in [2.05, 4.69) is 12.2 Å². The van der Waals surface area contributed by atoms with Gasteiger partial charge in [-0.1, -0.05) is 26.2 Å². The number of rotatable bonds is 6. The molecule has 6 nitrogen and oxygen atoms in total. The Kier molecular flexibility index (Phi) is 5.47. The molecule has 0 aromatic heterocycles. The molecule has 1 aliphatic carbocycles. The molecule has 3 unspecified atom stereocenters. The molecule has 2 rings (SSSR count). The Bertz CT molecular complexity index is 532. The van der Waals surface area contributed by atoms with E-state index in [4.69, 9.17) is 0 Å². The first-order chi connectivity index (χ1) is 10.3. The lowest BCUT2D eigenvalue weighted by Gasteiger charge is -2.27. The fourth-order valence-corrected chi connectivity index (χ4v) is 4.11. The van der Waals surface area contributed by atoms with Crippen molar-refractivity contribution in [3.8, 4) is 0 Å². The molecule has 0 aromatic rings. The monoisotopic (exact) mass is 330 g/mol. The summed E-state index contributed by atoms with van der Waals surface area (Å²) in [5.74, 6) is 0.943. The fraction of sp³-hybridized carbons (Fsp3) is 0.867. The van der Waals surface area contributed by atoms with Crippen LogP contribution in [-0.4, -0.2) is 49.9 Å². The number of imide groups is 1. The summed E-state index contributed by atoms with van der Waals surface area (Å²) in [5.41, 5.74) is 0. The summed E-state index contributed by atoms with van der Waals surface area (Å²) in [4.78, 5) is 25.4. The van der Waals surface area contributed by atoms with Crippen molar-refractivity contribution in [2.75, 3.05) is 18.6 Å². The van der Waals surface area contributed by atoms with Crippen LogP contribution < -0.4 is 5.32 Å². The first kappa shape index (κ1) is 17.2. The van der Waals surface area contributed by atoms with Gasteiger partial charge in [0.1, 0.15) is 15.9 Å². The lowest BCUT2D eigenvalue weighted by atomic mass is 9.81. The van der Waals surface area contributed by atoms with E-state index in [9.17, 15) is 18.0 Å². The maximum atomic E-state index is 12.2. The Morgan fingerprint density at radius 1 is 1.23 bits per heavy atom. The van der Waals surface area contributed by atoms with Crippen LogP contribution in [0.3, 0.4) is 0 Å². The zero-order chi connectivity index (χ0) is 16.3. The van der Waals surface area contributed by atoms with Gasteiger partial charge in [-0.2, -0.15) is 0 Å². The highest BCUT2D eigenvalue weighted by Crippen LogP contribution is 2.31. The molecule has 2 fully saturated rings. The number of hydrogen-bond acceptors (Lipinski definition) is 4. The Labute approximate surface area is 132 Å². The van der Waals surface area contributed by atoms with Gasteiger partial charge in [0.2, 0.25) is 0 Å². The number of carbonyl (C=O) groups is 2. The fourth-order valence-electron chi connectivity index (χ4n) is 3.45. The number of carbonyl (C=O) groups excluding carboxylic acids is 2. The van der Waals surface area contributed by atoms with Gasteiger partial charge in [-0.25, -0.2) is 13.2 Å². The van der Waals surface area contributed by atoms with Crippen molar-refractivity contribution in [3.63, 3.8) is 0 Å². The number of urea groups is 1. The van der Waals surface area contributed by atoms with Crippen LogP contribution in [0.4, 0.5) is 4.79 Å². The predicted molar refractivity (Wildman–Crippen MR) is 84.1 cm³/mol. The van der Waals surface area contributed by atoms with Crippen LogP contribution in [0.25, 0.3) is 0 Å². The minimum atomic E-state index is -3.13. The highest BCUT2D eigenvalue weighted by Gasteiger charge is 2.38. The van der Waals surface area contributed by atoms with Gasteiger partial charge in [0.25, 0.3) is 5.91 Å². The van der Waals surface area contributed by atoms with E-state index >= 15 is 0 Å². The molecular weight excluding hydrogens is 304 g/mol. The van der Waals surface area contributed by atoms with Crippen LogP contribution in [0, 0.1) is 11.8 Å². The molecule has 1 heterocycles. The average molecular weight is 330 g/mol. The molecule has 22 heavy (non-hydrogen) atoms. The van der Waals surface area contributed by atoms with Crippen LogP contribution in [0.2, 0.25) is 0 Å². The average Bonchev–Trinajstić information content (AvgIpc) is 2.68. The van der Waals surface area contributed by atoms with Crippen LogP contribution in [-0.2, 0) is 14.6 Å². The highest BCUT2D eigenvalue weighted by molar-refractivity contribution is 7.90. The summed E-state index contributed by atoms with van der Waals surface area (Å²) < 4.78 is 22.4. The SMILES string of the molecule is CC1CCCC(CCN2C(=O)NC(CCS(C)(=O)=O)C2=O)C1.